The van der Waals surface area contributed by atoms with Gasteiger partial charge < -0.3 is 14.6 Å². The fraction of sp³-hybridized carbons (Fsp3) is 0.333. The van der Waals surface area contributed by atoms with Gasteiger partial charge in [0.1, 0.15) is 11.6 Å². The van der Waals surface area contributed by atoms with Crippen LogP contribution in [0.5, 0.6) is 0 Å². The van der Waals surface area contributed by atoms with Gasteiger partial charge in [0, 0.05) is 37.4 Å². The minimum absolute atomic E-state index is 0.270. The van der Waals surface area contributed by atoms with Crippen molar-refractivity contribution in [3.63, 3.8) is 0 Å². The molecule has 0 unspecified atom stereocenters. The summed E-state index contributed by atoms with van der Waals surface area (Å²) >= 11 is 0.884. The Morgan fingerprint density at radius 3 is 2.78 bits per heavy atom. The minimum Gasteiger partial charge on any atom is -0.464 e. The van der Waals surface area contributed by atoms with Crippen LogP contribution in [-0.2, 0) is 11.3 Å². The molecule has 37 heavy (non-hydrogen) atoms. The molecular formula is C27H26FN5O3S. The summed E-state index contributed by atoms with van der Waals surface area (Å²) in [5.41, 5.74) is 2.76. The van der Waals surface area contributed by atoms with Gasteiger partial charge in [0.2, 0.25) is 5.95 Å². The van der Waals surface area contributed by atoms with E-state index in [1.807, 2.05) is 18.2 Å². The number of aromatic nitrogens is 2. The summed E-state index contributed by atoms with van der Waals surface area (Å²) in [6.45, 7) is 2.42. The molecule has 0 bridgehead atoms. The predicted molar refractivity (Wildman–Crippen MR) is 139 cm³/mol. The van der Waals surface area contributed by atoms with Crippen LogP contribution in [0, 0.1) is 11.2 Å². The van der Waals surface area contributed by atoms with Gasteiger partial charge in [-0.15, -0.1) is 0 Å². The SMILES string of the molecule is O=C1NC(=O)C(=Cc2ccnc(N3CCC4(CC3)CC(NCc3ccc(F)cc3-c3ccco3)C4)n2)S1. The summed E-state index contributed by atoms with van der Waals surface area (Å²) < 4.78 is 19.3. The lowest BCUT2D eigenvalue weighted by atomic mass is 9.60. The van der Waals surface area contributed by atoms with E-state index in [9.17, 15) is 14.0 Å². The summed E-state index contributed by atoms with van der Waals surface area (Å²) in [6, 6.07) is 10.7. The maximum atomic E-state index is 13.8. The number of carbonyl (C=O) groups excluding carboxylic acids is 2. The molecule has 1 aliphatic carbocycles. The highest BCUT2D eigenvalue weighted by molar-refractivity contribution is 8.18. The van der Waals surface area contributed by atoms with Crippen LogP contribution in [0.4, 0.5) is 15.1 Å². The van der Waals surface area contributed by atoms with Gasteiger partial charge in [0.05, 0.1) is 16.9 Å². The van der Waals surface area contributed by atoms with Gasteiger partial charge in [0.25, 0.3) is 11.1 Å². The summed E-state index contributed by atoms with van der Waals surface area (Å²) in [5.74, 6) is 0.665. The lowest BCUT2D eigenvalue weighted by Crippen LogP contribution is -2.53. The molecule has 2 aliphatic heterocycles. The van der Waals surface area contributed by atoms with Crippen molar-refractivity contribution in [2.45, 2.75) is 38.3 Å². The highest BCUT2D eigenvalue weighted by Gasteiger charge is 2.45. The highest BCUT2D eigenvalue weighted by Crippen LogP contribution is 2.49. The average Bonchev–Trinajstić information content (AvgIpc) is 3.52. The lowest BCUT2D eigenvalue weighted by Gasteiger charge is -2.52. The molecule has 2 aromatic heterocycles. The van der Waals surface area contributed by atoms with Crippen LogP contribution in [0.2, 0.25) is 0 Å². The van der Waals surface area contributed by atoms with Crippen LogP contribution < -0.4 is 15.5 Å². The molecular weight excluding hydrogens is 493 g/mol. The van der Waals surface area contributed by atoms with E-state index in [2.05, 4.69) is 25.5 Å². The van der Waals surface area contributed by atoms with Gasteiger partial charge in [-0.3, -0.25) is 14.9 Å². The largest absolute Gasteiger partial charge is 0.464 e. The zero-order valence-corrected chi connectivity index (χ0v) is 20.9. The number of imide groups is 1. The normalized spacial score (nSPS) is 20.5. The van der Waals surface area contributed by atoms with Gasteiger partial charge in [-0.05, 0) is 84.8 Å². The molecule has 0 atom stereocenters. The Morgan fingerprint density at radius 1 is 1.22 bits per heavy atom. The van der Waals surface area contributed by atoms with Crippen molar-refractivity contribution < 1.29 is 18.4 Å². The van der Waals surface area contributed by atoms with Crippen LogP contribution in [0.3, 0.4) is 0 Å². The zero-order valence-electron chi connectivity index (χ0n) is 20.1. The van der Waals surface area contributed by atoms with E-state index in [4.69, 9.17) is 4.42 Å². The second-order valence-corrected chi connectivity index (χ2v) is 10.9. The van der Waals surface area contributed by atoms with E-state index in [1.165, 1.54) is 12.1 Å². The Labute approximate surface area is 217 Å². The fourth-order valence-electron chi connectivity index (χ4n) is 5.49. The second-order valence-electron chi connectivity index (χ2n) is 9.89. The van der Waals surface area contributed by atoms with E-state index in [0.29, 0.717) is 40.3 Å². The summed E-state index contributed by atoms with van der Waals surface area (Å²) in [7, 11) is 0. The first-order valence-electron chi connectivity index (χ1n) is 12.3. The number of amides is 2. The Morgan fingerprint density at radius 2 is 2.05 bits per heavy atom. The topological polar surface area (TPSA) is 100 Å². The first-order valence-corrected chi connectivity index (χ1v) is 13.2. The van der Waals surface area contributed by atoms with Crippen molar-refractivity contribution in [1.82, 2.24) is 20.6 Å². The van der Waals surface area contributed by atoms with Gasteiger partial charge in [0.15, 0.2) is 0 Å². The smallest absolute Gasteiger partial charge is 0.290 e. The number of nitrogens with zero attached hydrogens (tertiary/aromatic N) is 3. The zero-order chi connectivity index (χ0) is 25.4. The quantitative estimate of drug-likeness (QED) is 0.451. The number of rotatable bonds is 6. The number of carbonyl (C=O) groups is 2. The van der Waals surface area contributed by atoms with E-state index in [1.54, 1.807) is 24.6 Å². The third kappa shape index (κ3) is 5.03. The maximum Gasteiger partial charge on any atom is 0.290 e. The van der Waals surface area contributed by atoms with E-state index in [0.717, 1.165) is 61.7 Å². The number of furan rings is 1. The predicted octanol–water partition coefficient (Wildman–Crippen LogP) is 4.74. The van der Waals surface area contributed by atoms with Crippen molar-refractivity contribution in [2.24, 2.45) is 5.41 Å². The van der Waals surface area contributed by atoms with Crippen molar-refractivity contribution in [1.29, 1.82) is 0 Å². The third-order valence-electron chi connectivity index (χ3n) is 7.49. The van der Waals surface area contributed by atoms with Crippen LogP contribution in [0.15, 0.2) is 58.2 Å². The molecule has 2 saturated heterocycles. The Balaban J connectivity index is 1.03. The molecule has 2 amide bonds. The first-order chi connectivity index (χ1) is 18.0. The first kappa shape index (κ1) is 23.9. The number of thioether (sulfide) groups is 1. The monoisotopic (exact) mass is 519 g/mol. The van der Waals surface area contributed by atoms with Crippen molar-refractivity contribution in [3.8, 4) is 11.3 Å². The van der Waals surface area contributed by atoms with Gasteiger partial charge in [-0.2, -0.15) is 0 Å². The molecule has 1 spiro atoms. The van der Waals surface area contributed by atoms with Crippen LogP contribution in [-0.4, -0.2) is 40.2 Å². The summed E-state index contributed by atoms with van der Waals surface area (Å²) in [5, 5.41) is 5.55. The third-order valence-corrected chi connectivity index (χ3v) is 8.30. The number of halogens is 1. The van der Waals surface area contributed by atoms with Gasteiger partial charge in [-0.1, -0.05) is 6.07 Å². The molecule has 2 N–H and O–H groups in total. The maximum absolute atomic E-state index is 13.8. The number of nitrogens with one attached hydrogen (secondary N) is 2. The molecule has 3 aromatic rings. The number of hydrogen-bond acceptors (Lipinski definition) is 8. The van der Waals surface area contributed by atoms with E-state index >= 15 is 0 Å². The molecule has 1 aromatic carbocycles. The Kier molecular flexibility index (Phi) is 6.29. The van der Waals surface area contributed by atoms with Crippen LogP contribution >= 0.6 is 11.8 Å². The van der Waals surface area contributed by atoms with Crippen molar-refractivity contribution in [2.75, 3.05) is 18.0 Å². The Bertz CT molecular complexity index is 1360. The standard InChI is InChI=1S/C27H26FN5O3S/c28-18-4-3-17(21(12-18)22-2-1-11-36-22)16-30-20-14-27(15-20)6-9-33(10-7-27)25-29-8-5-19(31-25)13-23-24(34)32-26(35)37-23/h1-5,8,11-13,20,30H,6-7,9-10,14-16H2,(H,32,34,35). The Hall–Kier alpha value is -3.50. The number of piperidine rings is 1. The number of hydrogen-bond donors (Lipinski definition) is 2. The van der Waals surface area contributed by atoms with Crippen LogP contribution in [0.1, 0.15) is 36.9 Å². The number of benzene rings is 1. The van der Waals surface area contributed by atoms with Crippen LogP contribution in [0.25, 0.3) is 17.4 Å². The number of anilines is 1. The van der Waals surface area contributed by atoms with Crippen molar-refractivity contribution >= 4 is 34.9 Å². The van der Waals surface area contributed by atoms with Gasteiger partial charge in [-0.25, -0.2) is 14.4 Å². The fourth-order valence-corrected chi connectivity index (χ4v) is 6.15. The molecule has 190 valence electrons. The summed E-state index contributed by atoms with van der Waals surface area (Å²) in [4.78, 5) is 34.8. The highest BCUT2D eigenvalue weighted by atomic mass is 32.2. The molecule has 10 heteroatoms. The molecule has 0 radical (unpaired) electrons. The molecule has 1 saturated carbocycles. The molecule has 4 heterocycles. The van der Waals surface area contributed by atoms with Gasteiger partial charge >= 0.3 is 0 Å². The van der Waals surface area contributed by atoms with E-state index in [-0.39, 0.29) is 17.0 Å². The molecule has 8 nitrogen and oxygen atoms in total. The second kappa shape index (κ2) is 9.75. The average molecular weight is 520 g/mol. The molecule has 3 aliphatic rings. The summed E-state index contributed by atoms with van der Waals surface area (Å²) in [6.07, 6.45) is 9.29. The van der Waals surface area contributed by atoms with E-state index < -0.39 is 0 Å². The van der Waals surface area contributed by atoms with Crippen molar-refractivity contribution in [3.05, 3.63) is 70.8 Å². The lowest BCUT2D eigenvalue weighted by molar-refractivity contribution is -0.115. The molecule has 6 rings (SSSR count). The minimum atomic E-state index is -0.389. The molecule has 3 fully saturated rings.